The van der Waals surface area contributed by atoms with Gasteiger partial charge >= 0.3 is 0 Å². The molecule has 2 nitrogen and oxygen atoms in total. The van der Waals surface area contributed by atoms with Crippen molar-refractivity contribution in [3.63, 3.8) is 0 Å². The highest BCUT2D eigenvalue weighted by Gasteiger charge is 2.31. The first-order valence-corrected chi connectivity index (χ1v) is 5.26. The van der Waals surface area contributed by atoms with Gasteiger partial charge in [0.25, 0.3) is 0 Å². The van der Waals surface area contributed by atoms with E-state index in [1.54, 1.807) is 0 Å². The number of rotatable bonds is 3. The summed E-state index contributed by atoms with van der Waals surface area (Å²) in [5.74, 6) is 1.24. The topological polar surface area (TPSA) is 38.0 Å². The Balaban J connectivity index is 2.29. The van der Waals surface area contributed by atoms with Gasteiger partial charge in [-0.25, -0.2) is 0 Å². The molecule has 11 heavy (non-hydrogen) atoms. The fourth-order valence-electron chi connectivity index (χ4n) is 1.50. The smallest absolute Gasteiger partial charge is 0.0620 e. The highest BCUT2D eigenvalue weighted by atomic mass is 32.2. The Labute approximate surface area is 73.3 Å². The van der Waals surface area contributed by atoms with Crippen LogP contribution in [0.1, 0.15) is 26.7 Å². The third kappa shape index (κ3) is 2.65. The first-order chi connectivity index (χ1) is 5.16. The standard InChI is InChI=1S/C8H18N2S/c1-7-6-11-8(2,10-7)4-3-5-9/h7,10H,3-6,9H2,1-2H3. The van der Waals surface area contributed by atoms with E-state index in [1.165, 1.54) is 12.2 Å². The monoisotopic (exact) mass is 174 g/mol. The van der Waals surface area contributed by atoms with E-state index in [-0.39, 0.29) is 0 Å². The first-order valence-electron chi connectivity index (χ1n) is 4.28. The maximum Gasteiger partial charge on any atom is 0.0620 e. The fourth-order valence-corrected chi connectivity index (χ4v) is 2.77. The molecular formula is C8H18N2S. The molecule has 0 spiro atoms. The highest BCUT2D eigenvalue weighted by Crippen LogP contribution is 2.33. The Morgan fingerprint density at radius 2 is 2.45 bits per heavy atom. The van der Waals surface area contributed by atoms with Gasteiger partial charge in [0.05, 0.1) is 4.87 Å². The summed E-state index contributed by atoms with van der Waals surface area (Å²) in [7, 11) is 0. The van der Waals surface area contributed by atoms with Gasteiger partial charge in [-0.1, -0.05) is 0 Å². The molecule has 3 heteroatoms. The number of nitrogens with one attached hydrogen (secondary N) is 1. The summed E-state index contributed by atoms with van der Waals surface area (Å²) in [6, 6.07) is 0.669. The summed E-state index contributed by atoms with van der Waals surface area (Å²) in [4.78, 5) is 0.304. The molecule has 2 unspecified atom stereocenters. The predicted octanol–water partition coefficient (Wildman–Crippen LogP) is 1.17. The van der Waals surface area contributed by atoms with Crippen LogP contribution in [0.3, 0.4) is 0 Å². The van der Waals surface area contributed by atoms with Crippen LogP contribution in [0.15, 0.2) is 0 Å². The number of hydrogen-bond donors (Lipinski definition) is 2. The third-order valence-electron chi connectivity index (χ3n) is 2.06. The SMILES string of the molecule is CC1CSC(C)(CCCN)N1. The maximum absolute atomic E-state index is 5.46. The first kappa shape index (κ1) is 9.36. The lowest BCUT2D eigenvalue weighted by molar-refractivity contribution is 0.447. The second kappa shape index (κ2) is 3.78. The Morgan fingerprint density at radius 1 is 1.73 bits per heavy atom. The average Bonchev–Trinajstić information content (AvgIpc) is 2.28. The van der Waals surface area contributed by atoms with Crippen molar-refractivity contribution in [3.05, 3.63) is 0 Å². The predicted molar refractivity (Wildman–Crippen MR) is 51.7 cm³/mol. The molecule has 66 valence electrons. The van der Waals surface area contributed by atoms with Crippen LogP contribution in [0, 0.1) is 0 Å². The molecular weight excluding hydrogens is 156 g/mol. The van der Waals surface area contributed by atoms with Crippen molar-refractivity contribution in [2.45, 2.75) is 37.6 Å². The molecule has 0 aromatic heterocycles. The summed E-state index contributed by atoms with van der Waals surface area (Å²) in [5, 5.41) is 3.57. The number of hydrogen-bond acceptors (Lipinski definition) is 3. The largest absolute Gasteiger partial charge is 0.330 e. The van der Waals surface area contributed by atoms with E-state index in [2.05, 4.69) is 19.2 Å². The Hall–Kier alpha value is 0.270. The van der Waals surface area contributed by atoms with Crippen molar-refractivity contribution in [2.75, 3.05) is 12.3 Å². The Morgan fingerprint density at radius 3 is 2.91 bits per heavy atom. The molecule has 1 fully saturated rings. The third-order valence-corrected chi connectivity index (χ3v) is 3.69. The molecule has 0 radical (unpaired) electrons. The average molecular weight is 174 g/mol. The molecule has 1 rings (SSSR count). The second-order valence-electron chi connectivity index (χ2n) is 3.48. The van der Waals surface area contributed by atoms with Crippen LogP contribution in [0.5, 0.6) is 0 Å². The summed E-state index contributed by atoms with van der Waals surface area (Å²) in [6.07, 6.45) is 2.32. The normalized spacial score (nSPS) is 37.9. The lowest BCUT2D eigenvalue weighted by Crippen LogP contribution is -2.38. The van der Waals surface area contributed by atoms with Crippen molar-refractivity contribution in [2.24, 2.45) is 5.73 Å². The van der Waals surface area contributed by atoms with Gasteiger partial charge in [0.2, 0.25) is 0 Å². The lowest BCUT2D eigenvalue weighted by atomic mass is 10.1. The van der Waals surface area contributed by atoms with E-state index in [9.17, 15) is 0 Å². The van der Waals surface area contributed by atoms with Gasteiger partial charge in [-0.15, -0.1) is 11.8 Å². The van der Waals surface area contributed by atoms with Crippen molar-refractivity contribution in [3.8, 4) is 0 Å². The van der Waals surface area contributed by atoms with Crippen LogP contribution in [0.25, 0.3) is 0 Å². The maximum atomic E-state index is 5.46. The minimum atomic E-state index is 0.304. The Kier molecular flexibility index (Phi) is 3.22. The fraction of sp³-hybridized carbons (Fsp3) is 1.00. The van der Waals surface area contributed by atoms with Crippen LogP contribution < -0.4 is 11.1 Å². The Bertz CT molecular complexity index is 129. The van der Waals surface area contributed by atoms with Crippen LogP contribution in [0.2, 0.25) is 0 Å². The molecule has 1 saturated heterocycles. The van der Waals surface area contributed by atoms with Gasteiger partial charge in [0, 0.05) is 11.8 Å². The summed E-state index contributed by atoms with van der Waals surface area (Å²) < 4.78 is 0. The van der Waals surface area contributed by atoms with E-state index in [1.807, 2.05) is 11.8 Å². The van der Waals surface area contributed by atoms with E-state index in [4.69, 9.17) is 5.73 Å². The van der Waals surface area contributed by atoms with Gasteiger partial charge in [-0.2, -0.15) is 0 Å². The minimum absolute atomic E-state index is 0.304. The zero-order chi connectivity index (χ0) is 8.32. The van der Waals surface area contributed by atoms with Crippen LogP contribution in [-0.4, -0.2) is 23.2 Å². The summed E-state index contributed by atoms with van der Waals surface area (Å²) >= 11 is 2.03. The van der Waals surface area contributed by atoms with Gasteiger partial charge in [-0.05, 0) is 33.2 Å². The van der Waals surface area contributed by atoms with E-state index in [0.29, 0.717) is 10.9 Å². The van der Waals surface area contributed by atoms with Crippen molar-refractivity contribution < 1.29 is 0 Å². The molecule has 1 heterocycles. The summed E-state index contributed by atoms with van der Waals surface area (Å²) in [6.45, 7) is 5.32. The second-order valence-corrected chi connectivity index (χ2v) is 5.00. The highest BCUT2D eigenvalue weighted by molar-refractivity contribution is 8.00. The van der Waals surface area contributed by atoms with Crippen LogP contribution in [0.4, 0.5) is 0 Å². The molecule has 0 aliphatic carbocycles. The van der Waals surface area contributed by atoms with Gasteiger partial charge < -0.3 is 5.73 Å². The van der Waals surface area contributed by atoms with Gasteiger partial charge in [0.1, 0.15) is 0 Å². The molecule has 0 aromatic rings. The van der Waals surface area contributed by atoms with Crippen molar-refractivity contribution >= 4 is 11.8 Å². The zero-order valence-corrected chi connectivity index (χ0v) is 8.21. The summed E-state index contributed by atoms with van der Waals surface area (Å²) in [5.41, 5.74) is 5.46. The van der Waals surface area contributed by atoms with Gasteiger partial charge in [0.15, 0.2) is 0 Å². The molecule has 3 N–H and O–H groups in total. The van der Waals surface area contributed by atoms with Gasteiger partial charge in [-0.3, -0.25) is 5.32 Å². The molecule has 1 aliphatic rings. The minimum Gasteiger partial charge on any atom is -0.330 e. The van der Waals surface area contributed by atoms with Crippen LogP contribution >= 0.6 is 11.8 Å². The van der Waals surface area contributed by atoms with Crippen LogP contribution in [-0.2, 0) is 0 Å². The van der Waals surface area contributed by atoms with E-state index < -0.39 is 0 Å². The molecule has 0 amide bonds. The lowest BCUT2D eigenvalue weighted by Gasteiger charge is -2.23. The quantitative estimate of drug-likeness (QED) is 0.674. The van der Waals surface area contributed by atoms with Crippen molar-refractivity contribution in [1.29, 1.82) is 0 Å². The molecule has 1 aliphatic heterocycles. The van der Waals surface area contributed by atoms with E-state index >= 15 is 0 Å². The molecule has 0 saturated carbocycles. The van der Waals surface area contributed by atoms with E-state index in [0.717, 1.165) is 13.0 Å². The molecule has 0 bridgehead atoms. The molecule has 2 atom stereocenters. The zero-order valence-electron chi connectivity index (χ0n) is 7.39. The van der Waals surface area contributed by atoms with Crippen molar-refractivity contribution in [1.82, 2.24) is 5.32 Å². The number of nitrogens with two attached hydrogens (primary N) is 1. The molecule has 0 aromatic carbocycles. The number of thioether (sulfide) groups is 1.